The van der Waals surface area contributed by atoms with E-state index < -0.39 is 17.3 Å². The molecule has 0 radical (unpaired) electrons. The van der Waals surface area contributed by atoms with Crippen molar-refractivity contribution in [3.05, 3.63) is 48.0 Å². The lowest BCUT2D eigenvalue weighted by atomic mass is 10.0. The summed E-state index contributed by atoms with van der Waals surface area (Å²) in [4.78, 5) is 14.7. The molecule has 0 bridgehead atoms. The Labute approximate surface area is 96.5 Å². The minimum Gasteiger partial charge on any atom is -0.478 e. The summed E-state index contributed by atoms with van der Waals surface area (Å²) in [5.74, 6) is -2.23. The van der Waals surface area contributed by atoms with E-state index >= 15 is 0 Å². The number of benzene rings is 1. The van der Waals surface area contributed by atoms with Crippen LogP contribution in [0.3, 0.4) is 0 Å². The Morgan fingerprint density at radius 3 is 2.65 bits per heavy atom. The van der Waals surface area contributed by atoms with Crippen molar-refractivity contribution in [2.75, 3.05) is 5.73 Å². The molecule has 2 rings (SSSR count). The Bertz CT molecular complexity index is 547. The van der Waals surface area contributed by atoms with Crippen molar-refractivity contribution in [2.24, 2.45) is 0 Å². The van der Waals surface area contributed by atoms with Crippen molar-refractivity contribution in [2.45, 2.75) is 0 Å². The Hall–Kier alpha value is -2.43. The predicted molar refractivity (Wildman–Crippen MR) is 61.0 cm³/mol. The number of anilines is 1. The van der Waals surface area contributed by atoms with Gasteiger partial charge in [-0.15, -0.1) is 0 Å². The van der Waals surface area contributed by atoms with E-state index in [-0.39, 0.29) is 5.69 Å². The standard InChI is InChI=1S/C12H9FN2O2/c13-9-4-8(7-2-1-3-15-6-7)5-10(14)11(9)12(16)17/h1-6H,14H2,(H,16,17). The second kappa shape index (κ2) is 4.21. The molecular weight excluding hydrogens is 223 g/mol. The molecule has 4 nitrogen and oxygen atoms in total. The zero-order valence-electron chi connectivity index (χ0n) is 8.72. The molecule has 1 aromatic carbocycles. The number of hydrogen-bond donors (Lipinski definition) is 2. The van der Waals surface area contributed by atoms with E-state index in [4.69, 9.17) is 10.8 Å². The number of halogens is 1. The van der Waals surface area contributed by atoms with Crippen molar-refractivity contribution in [1.29, 1.82) is 0 Å². The molecule has 0 aliphatic carbocycles. The van der Waals surface area contributed by atoms with Gasteiger partial charge in [0.1, 0.15) is 11.4 Å². The van der Waals surface area contributed by atoms with Crippen molar-refractivity contribution < 1.29 is 14.3 Å². The minimum atomic E-state index is -1.38. The van der Waals surface area contributed by atoms with E-state index in [9.17, 15) is 9.18 Å². The molecule has 1 heterocycles. The van der Waals surface area contributed by atoms with E-state index in [0.29, 0.717) is 11.1 Å². The van der Waals surface area contributed by atoms with E-state index in [2.05, 4.69) is 4.98 Å². The maximum Gasteiger partial charge on any atom is 0.340 e. The Morgan fingerprint density at radius 1 is 1.35 bits per heavy atom. The lowest BCUT2D eigenvalue weighted by Crippen LogP contribution is -2.06. The maximum absolute atomic E-state index is 13.6. The molecule has 0 atom stereocenters. The molecule has 86 valence electrons. The lowest BCUT2D eigenvalue weighted by Gasteiger charge is -2.06. The first kappa shape index (κ1) is 11.1. The average molecular weight is 232 g/mol. The van der Waals surface area contributed by atoms with Gasteiger partial charge in [0, 0.05) is 23.6 Å². The molecule has 2 aromatic rings. The number of pyridine rings is 1. The van der Waals surface area contributed by atoms with Crippen LogP contribution >= 0.6 is 0 Å². The first-order valence-corrected chi connectivity index (χ1v) is 4.82. The molecule has 0 spiro atoms. The number of carboxylic acid groups (broad SMARTS) is 1. The van der Waals surface area contributed by atoms with E-state index in [1.54, 1.807) is 24.5 Å². The monoisotopic (exact) mass is 232 g/mol. The summed E-state index contributed by atoms with van der Waals surface area (Å²) < 4.78 is 13.6. The van der Waals surface area contributed by atoms with Crippen LogP contribution in [0.25, 0.3) is 11.1 Å². The molecular formula is C12H9FN2O2. The van der Waals surface area contributed by atoms with Crippen molar-refractivity contribution in [3.8, 4) is 11.1 Å². The number of aromatic nitrogens is 1. The van der Waals surface area contributed by atoms with Gasteiger partial charge in [0.05, 0.1) is 0 Å². The first-order valence-electron chi connectivity index (χ1n) is 4.82. The fourth-order valence-electron chi connectivity index (χ4n) is 1.55. The molecule has 0 saturated carbocycles. The van der Waals surface area contributed by atoms with Crippen LogP contribution in [-0.2, 0) is 0 Å². The summed E-state index contributed by atoms with van der Waals surface area (Å²) in [7, 11) is 0. The highest BCUT2D eigenvalue weighted by Crippen LogP contribution is 2.25. The third-order valence-electron chi connectivity index (χ3n) is 2.33. The van der Waals surface area contributed by atoms with Crippen molar-refractivity contribution >= 4 is 11.7 Å². The molecule has 1 aromatic heterocycles. The third kappa shape index (κ3) is 2.08. The highest BCUT2D eigenvalue weighted by Gasteiger charge is 2.16. The fourth-order valence-corrected chi connectivity index (χ4v) is 1.55. The molecule has 0 aliphatic heterocycles. The number of carbonyl (C=O) groups is 1. The second-order valence-electron chi connectivity index (χ2n) is 3.47. The third-order valence-corrected chi connectivity index (χ3v) is 2.33. The summed E-state index contributed by atoms with van der Waals surface area (Å²) in [6.45, 7) is 0. The van der Waals surface area contributed by atoms with Gasteiger partial charge in [-0.25, -0.2) is 9.18 Å². The van der Waals surface area contributed by atoms with E-state index in [0.717, 1.165) is 6.07 Å². The zero-order valence-corrected chi connectivity index (χ0v) is 8.72. The quantitative estimate of drug-likeness (QED) is 0.778. The highest BCUT2D eigenvalue weighted by molar-refractivity contribution is 5.95. The van der Waals surface area contributed by atoms with Crippen LogP contribution < -0.4 is 5.73 Å². The maximum atomic E-state index is 13.6. The Morgan fingerprint density at radius 2 is 2.12 bits per heavy atom. The number of carboxylic acids is 1. The predicted octanol–water partition coefficient (Wildman–Crippen LogP) is 2.17. The van der Waals surface area contributed by atoms with Gasteiger partial charge in [0.15, 0.2) is 0 Å². The number of nitrogens with zero attached hydrogens (tertiary/aromatic N) is 1. The summed E-state index contributed by atoms with van der Waals surface area (Å²) in [6.07, 6.45) is 3.14. The summed E-state index contributed by atoms with van der Waals surface area (Å²) >= 11 is 0. The van der Waals surface area contributed by atoms with Gasteiger partial charge in [-0.2, -0.15) is 0 Å². The van der Waals surface area contributed by atoms with E-state index in [1.807, 2.05) is 0 Å². The molecule has 5 heteroatoms. The number of hydrogen-bond acceptors (Lipinski definition) is 3. The van der Waals surface area contributed by atoms with Crippen LogP contribution in [0, 0.1) is 5.82 Å². The van der Waals surface area contributed by atoms with Crippen LogP contribution in [0.15, 0.2) is 36.7 Å². The van der Waals surface area contributed by atoms with Gasteiger partial charge in [-0.3, -0.25) is 4.98 Å². The second-order valence-corrected chi connectivity index (χ2v) is 3.47. The fraction of sp³-hybridized carbons (Fsp3) is 0. The Balaban J connectivity index is 2.57. The van der Waals surface area contributed by atoms with Crippen molar-refractivity contribution in [1.82, 2.24) is 4.98 Å². The van der Waals surface area contributed by atoms with Gasteiger partial charge >= 0.3 is 5.97 Å². The van der Waals surface area contributed by atoms with Crippen LogP contribution in [0.4, 0.5) is 10.1 Å². The SMILES string of the molecule is Nc1cc(-c2cccnc2)cc(F)c1C(=O)O. The van der Waals surface area contributed by atoms with Crippen molar-refractivity contribution in [3.63, 3.8) is 0 Å². The van der Waals surface area contributed by atoms with E-state index in [1.165, 1.54) is 6.07 Å². The highest BCUT2D eigenvalue weighted by atomic mass is 19.1. The number of nitrogen functional groups attached to an aromatic ring is 1. The summed E-state index contributed by atoms with van der Waals surface area (Å²) in [5.41, 5.74) is 6.09. The number of nitrogens with two attached hydrogens (primary N) is 1. The minimum absolute atomic E-state index is 0.101. The molecule has 17 heavy (non-hydrogen) atoms. The van der Waals surface area contributed by atoms with Gasteiger partial charge in [0.2, 0.25) is 0 Å². The summed E-state index contributed by atoms with van der Waals surface area (Å²) in [5, 5.41) is 8.78. The zero-order chi connectivity index (χ0) is 12.4. The Kier molecular flexibility index (Phi) is 2.74. The normalized spacial score (nSPS) is 10.2. The topological polar surface area (TPSA) is 76.2 Å². The molecule has 0 amide bonds. The largest absolute Gasteiger partial charge is 0.478 e. The lowest BCUT2D eigenvalue weighted by molar-refractivity contribution is 0.0693. The van der Waals surface area contributed by atoms with Crippen LogP contribution in [0.1, 0.15) is 10.4 Å². The van der Waals surface area contributed by atoms with Gasteiger partial charge in [-0.05, 0) is 23.8 Å². The number of rotatable bonds is 2. The molecule has 0 aliphatic rings. The van der Waals surface area contributed by atoms with Gasteiger partial charge in [0.25, 0.3) is 0 Å². The molecule has 0 unspecified atom stereocenters. The van der Waals surface area contributed by atoms with Gasteiger partial charge < -0.3 is 10.8 Å². The molecule has 0 fully saturated rings. The summed E-state index contributed by atoms with van der Waals surface area (Å²) in [6, 6.07) is 6.00. The van der Waals surface area contributed by atoms with Crippen LogP contribution in [0.5, 0.6) is 0 Å². The van der Waals surface area contributed by atoms with Crippen LogP contribution in [-0.4, -0.2) is 16.1 Å². The smallest absolute Gasteiger partial charge is 0.340 e. The molecule has 3 N–H and O–H groups in total. The average Bonchev–Trinajstić information content (AvgIpc) is 2.28. The van der Waals surface area contributed by atoms with Crippen LogP contribution in [0.2, 0.25) is 0 Å². The number of aromatic carboxylic acids is 1. The van der Waals surface area contributed by atoms with Gasteiger partial charge in [-0.1, -0.05) is 6.07 Å². The molecule has 0 saturated heterocycles. The first-order chi connectivity index (χ1) is 8.09.